The molecule has 0 aliphatic heterocycles. The zero-order valence-corrected chi connectivity index (χ0v) is 44.5. The number of aliphatic imine (C=N–C) groups is 2. The molecule has 0 atom stereocenters. The maximum Gasteiger partial charge on any atom is 0.0665 e. The lowest BCUT2D eigenvalue weighted by molar-refractivity contribution is 0.540. The van der Waals surface area contributed by atoms with Crippen molar-refractivity contribution in [2.75, 3.05) is 0 Å². The van der Waals surface area contributed by atoms with Gasteiger partial charge in [-0.2, -0.15) is 0 Å². The molecule has 0 aliphatic carbocycles. The average Bonchev–Trinajstić information content (AvgIpc) is 3.33. The molecule has 374 valence electrons. The van der Waals surface area contributed by atoms with Crippen molar-refractivity contribution in [1.82, 2.24) is 0 Å². The summed E-state index contributed by atoms with van der Waals surface area (Å²) in [6, 6.07) is 17.9. The Balaban J connectivity index is 1.95. The molecule has 0 saturated heterocycles. The van der Waals surface area contributed by atoms with Gasteiger partial charge in [-0.15, -0.1) is 0 Å². The Labute approximate surface area is 412 Å². The minimum atomic E-state index is 0.989. The summed E-state index contributed by atoms with van der Waals surface area (Å²) in [6.07, 6.45) is 65.3. The summed E-state index contributed by atoms with van der Waals surface area (Å²) in [5.74, 6) is 0. The summed E-state index contributed by atoms with van der Waals surface area (Å²) < 4.78 is 0. The molecule has 0 fully saturated rings. The van der Waals surface area contributed by atoms with E-state index in [1.165, 1.54) is 241 Å². The van der Waals surface area contributed by atoms with Gasteiger partial charge in [0.05, 0.1) is 22.8 Å². The first-order valence-corrected chi connectivity index (χ1v) is 29.3. The second-order valence-corrected chi connectivity index (χ2v) is 20.1. The fourth-order valence-electron chi connectivity index (χ4n) is 9.41. The maximum atomic E-state index is 5.57. The highest BCUT2D eigenvalue weighted by Gasteiger charge is 2.13. The van der Waals surface area contributed by atoms with E-state index in [2.05, 4.69) is 101 Å². The third-order valence-electron chi connectivity index (χ3n) is 13.8. The summed E-state index contributed by atoms with van der Waals surface area (Å²) in [5, 5.41) is 0. The molecule has 2 nitrogen and oxygen atoms in total. The standard InChI is InChI=1S/C64H108N2/c1-5-9-13-16-19-21-23-25-27-29-31-33-35-37-39-41-44-51-59-53-47-49-56-61(59)65-63(55-12-8-4)64(58-46-43-18-15-11-7-3)66-62-57-50-48-54-60(62)52-45-42-40-38-36-34-32-30-28-26-24-22-20-17-14-10-6-2/h39-42,47-50,53-54,56-57H,5-38,43-46,51-52,55,58H2,1-4H3. The van der Waals surface area contributed by atoms with Gasteiger partial charge in [-0.3, -0.25) is 9.98 Å². The number of unbranched alkanes of at least 4 members (excludes halogenated alkanes) is 32. The van der Waals surface area contributed by atoms with Crippen molar-refractivity contribution in [3.63, 3.8) is 0 Å². The van der Waals surface area contributed by atoms with E-state index in [0.717, 1.165) is 62.7 Å². The largest absolute Gasteiger partial charge is 0.251 e. The van der Waals surface area contributed by atoms with Crippen molar-refractivity contribution in [2.45, 2.75) is 297 Å². The van der Waals surface area contributed by atoms with Crippen LogP contribution >= 0.6 is 0 Å². The zero-order valence-electron chi connectivity index (χ0n) is 44.5. The van der Waals surface area contributed by atoms with E-state index in [4.69, 9.17) is 9.98 Å². The number of aryl methyl sites for hydroxylation is 2. The zero-order chi connectivity index (χ0) is 47.1. The summed E-state index contributed by atoms with van der Waals surface area (Å²) in [5.41, 5.74) is 7.45. The Hall–Kier alpha value is -2.74. The number of allylic oxidation sites excluding steroid dienone is 4. The Morgan fingerprint density at radius 3 is 0.924 bits per heavy atom. The smallest absolute Gasteiger partial charge is 0.0665 e. The first-order chi connectivity index (χ1) is 32.7. The Bertz CT molecular complexity index is 1480. The van der Waals surface area contributed by atoms with Crippen molar-refractivity contribution >= 4 is 22.8 Å². The molecule has 0 bridgehead atoms. The quantitative estimate of drug-likeness (QED) is 0.0359. The minimum absolute atomic E-state index is 0.989. The van der Waals surface area contributed by atoms with Gasteiger partial charge in [0.1, 0.15) is 0 Å². The fourth-order valence-corrected chi connectivity index (χ4v) is 9.41. The van der Waals surface area contributed by atoms with Gasteiger partial charge in [-0.25, -0.2) is 0 Å². The molecule has 2 aromatic carbocycles. The lowest BCUT2D eigenvalue weighted by atomic mass is 10.00. The molecule has 66 heavy (non-hydrogen) atoms. The normalized spacial score (nSPS) is 12.4. The summed E-state index contributed by atoms with van der Waals surface area (Å²) in [6.45, 7) is 9.23. The van der Waals surface area contributed by atoms with Gasteiger partial charge in [0.25, 0.3) is 0 Å². The molecule has 0 aliphatic rings. The van der Waals surface area contributed by atoms with Crippen LogP contribution in [0.3, 0.4) is 0 Å². The van der Waals surface area contributed by atoms with Crippen LogP contribution in [-0.2, 0) is 12.8 Å². The predicted octanol–water partition coefficient (Wildman–Crippen LogP) is 22.4. The average molecular weight is 906 g/mol. The van der Waals surface area contributed by atoms with Gasteiger partial charge >= 0.3 is 0 Å². The van der Waals surface area contributed by atoms with Crippen molar-refractivity contribution in [2.24, 2.45) is 9.98 Å². The second kappa shape index (κ2) is 46.0. The van der Waals surface area contributed by atoms with E-state index in [0.29, 0.717) is 0 Å². The number of rotatable bonds is 47. The molecule has 0 N–H and O–H groups in total. The van der Waals surface area contributed by atoms with Crippen LogP contribution in [-0.4, -0.2) is 11.4 Å². The van der Waals surface area contributed by atoms with E-state index >= 15 is 0 Å². The SMILES string of the molecule is CCCCCCCCCCCCCCCC=CCCc1ccccc1N=C(CCCC)C(CCCCCCCC)=Nc1ccccc1CCC=CCCCCCCCCCCCCCCC. The van der Waals surface area contributed by atoms with E-state index in [9.17, 15) is 0 Å². The molecule has 2 aromatic rings. The maximum absolute atomic E-state index is 5.57. The van der Waals surface area contributed by atoms with Crippen LogP contribution in [0.15, 0.2) is 82.8 Å². The van der Waals surface area contributed by atoms with Crippen molar-refractivity contribution < 1.29 is 0 Å². The molecular weight excluding hydrogens is 797 g/mol. The molecule has 0 radical (unpaired) electrons. The van der Waals surface area contributed by atoms with E-state index in [1.54, 1.807) is 0 Å². The van der Waals surface area contributed by atoms with Crippen molar-refractivity contribution in [3.8, 4) is 0 Å². The number of hydrogen-bond acceptors (Lipinski definition) is 2. The molecule has 2 rings (SSSR count). The first-order valence-electron chi connectivity index (χ1n) is 29.3. The number of nitrogens with zero attached hydrogens (tertiary/aromatic N) is 2. The van der Waals surface area contributed by atoms with Crippen LogP contribution < -0.4 is 0 Å². The molecule has 0 heterocycles. The monoisotopic (exact) mass is 905 g/mol. The van der Waals surface area contributed by atoms with Gasteiger partial charge in [-0.05, 0) is 100 Å². The third kappa shape index (κ3) is 33.7. The number of para-hydroxylation sites is 2. The van der Waals surface area contributed by atoms with Crippen LogP contribution in [0.5, 0.6) is 0 Å². The molecule has 0 aromatic heterocycles. The van der Waals surface area contributed by atoms with E-state index in [1.807, 2.05) is 0 Å². The van der Waals surface area contributed by atoms with Gasteiger partial charge < -0.3 is 0 Å². The molecule has 2 heteroatoms. The van der Waals surface area contributed by atoms with Crippen LogP contribution in [0.1, 0.15) is 296 Å². The summed E-state index contributed by atoms with van der Waals surface area (Å²) in [4.78, 5) is 11.1. The highest BCUT2D eigenvalue weighted by atomic mass is 14.8. The van der Waals surface area contributed by atoms with Crippen molar-refractivity contribution in [3.05, 3.63) is 84.0 Å². The molecule has 0 amide bonds. The predicted molar refractivity (Wildman–Crippen MR) is 300 cm³/mol. The first kappa shape index (κ1) is 59.4. The van der Waals surface area contributed by atoms with Gasteiger partial charge in [-0.1, -0.05) is 281 Å². The van der Waals surface area contributed by atoms with Gasteiger partial charge in [0, 0.05) is 0 Å². The molecule has 0 saturated carbocycles. The van der Waals surface area contributed by atoms with Crippen LogP contribution in [0.2, 0.25) is 0 Å². The molecule has 0 unspecified atom stereocenters. The van der Waals surface area contributed by atoms with Gasteiger partial charge in [0.2, 0.25) is 0 Å². The number of benzene rings is 2. The molecular formula is C64H108N2. The minimum Gasteiger partial charge on any atom is -0.251 e. The Morgan fingerprint density at radius 2 is 0.576 bits per heavy atom. The second-order valence-electron chi connectivity index (χ2n) is 20.1. The molecule has 0 spiro atoms. The summed E-state index contributed by atoms with van der Waals surface area (Å²) >= 11 is 0. The lowest BCUT2D eigenvalue weighted by Crippen LogP contribution is -2.15. The fraction of sp³-hybridized carbons (Fsp3) is 0.719. The van der Waals surface area contributed by atoms with Crippen LogP contribution in [0.25, 0.3) is 0 Å². The van der Waals surface area contributed by atoms with Gasteiger partial charge in [0.15, 0.2) is 0 Å². The van der Waals surface area contributed by atoms with E-state index < -0.39 is 0 Å². The Kier molecular flexibility index (Phi) is 41.4. The topological polar surface area (TPSA) is 24.7 Å². The van der Waals surface area contributed by atoms with Crippen LogP contribution in [0.4, 0.5) is 11.4 Å². The lowest BCUT2D eigenvalue weighted by Gasteiger charge is -2.14. The third-order valence-corrected chi connectivity index (χ3v) is 13.8. The van der Waals surface area contributed by atoms with Crippen molar-refractivity contribution in [1.29, 1.82) is 0 Å². The number of hydrogen-bond donors (Lipinski definition) is 0. The summed E-state index contributed by atoms with van der Waals surface area (Å²) in [7, 11) is 0. The highest BCUT2D eigenvalue weighted by Crippen LogP contribution is 2.26. The Morgan fingerprint density at radius 1 is 0.303 bits per heavy atom. The highest BCUT2D eigenvalue weighted by molar-refractivity contribution is 6.43. The van der Waals surface area contributed by atoms with Crippen LogP contribution in [0, 0.1) is 0 Å². The van der Waals surface area contributed by atoms with E-state index in [-0.39, 0.29) is 0 Å².